The third-order valence-corrected chi connectivity index (χ3v) is 5.55. The van der Waals surface area contributed by atoms with Crippen LogP contribution in [0.2, 0.25) is 0 Å². The minimum absolute atomic E-state index is 0.0766. The third kappa shape index (κ3) is 4.87. The lowest BCUT2D eigenvalue weighted by Crippen LogP contribution is -2.38. The largest absolute Gasteiger partial charge is 0.393 e. The summed E-state index contributed by atoms with van der Waals surface area (Å²) >= 11 is 1.84. The van der Waals surface area contributed by atoms with E-state index in [0.29, 0.717) is 5.92 Å². The van der Waals surface area contributed by atoms with Crippen LogP contribution in [-0.4, -0.2) is 36.2 Å². The van der Waals surface area contributed by atoms with Crippen molar-refractivity contribution in [2.45, 2.75) is 51.6 Å². The molecule has 1 aromatic heterocycles. The number of hydrogen-bond acceptors (Lipinski definition) is 3. The molecule has 20 heavy (non-hydrogen) atoms. The van der Waals surface area contributed by atoms with Gasteiger partial charge in [0.1, 0.15) is 0 Å². The Kier molecular flexibility index (Phi) is 6.53. The number of likely N-dealkylation sites (N-methyl/N-ethyl adjacent to an activating group) is 1. The summed E-state index contributed by atoms with van der Waals surface area (Å²) in [6.45, 7) is 4.42. The van der Waals surface area contributed by atoms with Crippen molar-refractivity contribution in [1.29, 1.82) is 0 Å². The van der Waals surface area contributed by atoms with E-state index in [-0.39, 0.29) is 6.10 Å². The van der Waals surface area contributed by atoms with E-state index in [1.54, 1.807) is 0 Å². The second-order valence-corrected chi connectivity index (χ2v) is 7.42. The predicted molar refractivity (Wildman–Crippen MR) is 87.3 cm³/mol. The Bertz CT molecular complexity index is 365. The van der Waals surface area contributed by atoms with Gasteiger partial charge in [-0.2, -0.15) is 0 Å². The Hall–Kier alpha value is -0.380. The van der Waals surface area contributed by atoms with Crippen LogP contribution < -0.4 is 0 Å². The van der Waals surface area contributed by atoms with Crippen LogP contribution in [-0.2, 0) is 6.42 Å². The molecule has 0 aromatic carbocycles. The highest BCUT2D eigenvalue weighted by Crippen LogP contribution is 2.32. The molecule has 0 aliphatic heterocycles. The van der Waals surface area contributed by atoms with Crippen molar-refractivity contribution in [2.24, 2.45) is 11.8 Å². The SMILES string of the molecule is CCCC1CCC(O)C(CN(C)CCc2cccs2)C1. The molecule has 1 aliphatic rings. The van der Waals surface area contributed by atoms with Gasteiger partial charge in [-0.1, -0.05) is 25.8 Å². The van der Waals surface area contributed by atoms with E-state index in [1.807, 2.05) is 11.3 Å². The van der Waals surface area contributed by atoms with Gasteiger partial charge in [0.05, 0.1) is 6.10 Å². The lowest BCUT2D eigenvalue weighted by Gasteiger charge is -2.35. The van der Waals surface area contributed by atoms with E-state index in [1.165, 1.54) is 30.6 Å². The van der Waals surface area contributed by atoms with Crippen LogP contribution in [0, 0.1) is 11.8 Å². The van der Waals surface area contributed by atoms with E-state index in [2.05, 4.69) is 36.4 Å². The first kappa shape index (κ1) is 16.0. The number of thiophene rings is 1. The van der Waals surface area contributed by atoms with Gasteiger partial charge in [0.2, 0.25) is 0 Å². The summed E-state index contributed by atoms with van der Waals surface area (Å²) in [5.41, 5.74) is 0. The molecule has 0 radical (unpaired) electrons. The third-order valence-electron chi connectivity index (χ3n) is 4.61. The molecular formula is C17H29NOS. The van der Waals surface area contributed by atoms with Gasteiger partial charge in [0.25, 0.3) is 0 Å². The van der Waals surface area contributed by atoms with E-state index >= 15 is 0 Å². The van der Waals surface area contributed by atoms with Crippen molar-refractivity contribution >= 4 is 11.3 Å². The Morgan fingerprint density at radius 2 is 2.25 bits per heavy atom. The molecule has 3 atom stereocenters. The Morgan fingerprint density at radius 1 is 1.40 bits per heavy atom. The van der Waals surface area contributed by atoms with Gasteiger partial charge < -0.3 is 10.0 Å². The average Bonchev–Trinajstić information content (AvgIpc) is 2.94. The summed E-state index contributed by atoms with van der Waals surface area (Å²) in [5, 5.41) is 12.4. The molecule has 3 heteroatoms. The van der Waals surface area contributed by atoms with Crippen molar-refractivity contribution in [1.82, 2.24) is 4.90 Å². The highest BCUT2D eigenvalue weighted by atomic mass is 32.1. The molecule has 0 amide bonds. The maximum atomic E-state index is 10.2. The second kappa shape index (κ2) is 8.16. The van der Waals surface area contributed by atoms with Crippen molar-refractivity contribution in [3.05, 3.63) is 22.4 Å². The highest BCUT2D eigenvalue weighted by Gasteiger charge is 2.29. The number of nitrogens with zero attached hydrogens (tertiary/aromatic N) is 1. The van der Waals surface area contributed by atoms with Crippen LogP contribution in [0.4, 0.5) is 0 Å². The van der Waals surface area contributed by atoms with Gasteiger partial charge in [0, 0.05) is 18.0 Å². The highest BCUT2D eigenvalue weighted by molar-refractivity contribution is 7.09. The Morgan fingerprint density at radius 3 is 2.95 bits per heavy atom. The fourth-order valence-corrected chi connectivity index (χ4v) is 4.16. The van der Waals surface area contributed by atoms with Crippen LogP contribution in [0.5, 0.6) is 0 Å². The van der Waals surface area contributed by atoms with E-state index < -0.39 is 0 Å². The van der Waals surface area contributed by atoms with Gasteiger partial charge in [-0.05, 0) is 56.0 Å². The molecule has 1 heterocycles. The maximum Gasteiger partial charge on any atom is 0.0580 e. The van der Waals surface area contributed by atoms with E-state index in [4.69, 9.17) is 0 Å². The number of hydrogen-bond donors (Lipinski definition) is 1. The van der Waals surface area contributed by atoms with E-state index in [9.17, 15) is 5.11 Å². The molecule has 1 saturated carbocycles. The summed E-state index contributed by atoms with van der Waals surface area (Å²) < 4.78 is 0. The van der Waals surface area contributed by atoms with Crippen LogP contribution in [0.3, 0.4) is 0 Å². The number of aliphatic hydroxyl groups is 1. The molecule has 114 valence electrons. The Balaban J connectivity index is 1.75. The summed E-state index contributed by atoms with van der Waals surface area (Å²) in [6.07, 6.45) is 7.13. The van der Waals surface area contributed by atoms with Crippen LogP contribution >= 0.6 is 11.3 Å². The molecule has 1 fully saturated rings. The molecule has 0 bridgehead atoms. The zero-order valence-electron chi connectivity index (χ0n) is 12.9. The molecule has 2 rings (SSSR count). The first-order valence-corrected chi connectivity index (χ1v) is 8.96. The van der Waals surface area contributed by atoms with Crippen molar-refractivity contribution in [2.75, 3.05) is 20.1 Å². The number of rotatable bonds is 7. The maximum absolute atomic E-state index is 10.2. The van der Waals surface area contributed by atoms with Crippen LogP contribution in [0.25, 0.3) is 0 Å². The Labute approximate surface area is 127 Å². The molecular weight excluding hydrogens is 266 g/mol. The minimum Gasteiger partial charge on any atom is -0.393 e. The first-order chi connectivity index (χ1) is 9.69. The predicted octanol–water partition coefficient (Wildman–Crippen LogP) is 3.80. The molecule has 0 saturated heterocycles. The first-order valence-electron chi connectivity index (χ1n) is 8.08. The van der Waals surface area contributed by atoms with Crippen LogP contribution in [0.15, 0.2) is 17.5 Å². The smallest absolute Gasteiger partial charge is 0.0580 e. The summed E-state index contributed by atoms with van der Waals surface area (Å²) in [7, 11) is 2.20. The molecule has 0 spiro atoms. The molecule has 1 aliphatic carbocycles. The topological polar surface area (TPSA) is 23.5 Å². The zero-order valence-corrected chi connectivity index (χ0v) is 13.7. The van der Waals surface area contributed by atoms with Gasteiger partial charge in [-0.25, -0.2) is 0 Å². The zero-order chi connectivity index (χ0) is 14.4. The summed E-state index contributed by atoms with van der Waals surface area (Å²) in [5.74, 6) is 1.33. The van der Waals surface area contributed by atoms with Crippen LogP contribution in [0.1, 0.15) is 43.9 Å². The minimum atomic E-state index is -0.0766. The van der Waals surface area contributed by atoms with Crippen molar-refractivity contribution in [3.8, 4) is 0 Å². The van der Waals surface area contributed by atoms with Gasteiger partial charge >= 0.3 is 0 Å². The molecule has 1 aromatic rings. The molecule has 3 unspecified atom stereocenters. The van der Waals surface area contributed by atoms with Crippen molar-refractivity contribution in [3.63, 3.8) is 0 Å². The number of aliphatic hydroxyl groups excluding tert-OH is 1. The quantitative estimate of drug-likeness (QED) is 0.827. The second-order valence-electron chi connectivity index (χ2n) is 6.39. The lowest BCUT2D eigenvalue weighted by atomic mass is 9.77. The van der Waals surface area contributed by atoms with E-state index in [0.717, 1.165) is 31.8 Å². The summed E-state index contributed by atoms with van der Waals surface area (Å²) in [6, 6.07) is 4.34. The molecule has 1 N–H and O–H groups in total. The average molecular weight is 295 g/mol. The van der Waals surface area contributed by atoms with Gasteiger partial charge in [0.15, 0.2) is 0 Å². The van der Waals surface area contributed by atoms with Crippen molar-refractivity contribution < 1.29 is 5.11 Å². The standard InChI is InChI=1S/C17H29NOS/c1-3-5-14-7-8-17(19)15(12-14)13-18(2)10-9-16-6-4-11-20-16/h4,6,11,14-15,17,19H,3,5,7-10,12-13H2,1-2H3. The van der Waals surface area contributed by atoms with Gasteiger partial charge in [-0.3, -0.25) is 0 Å². The summed E-state index contributed by atoms with van der Waals surface area (Å²) in [4.78, 5) is 3.87. The fourth-order valence-electron chi connectivity index (χ4n) is 3.46. The monoisotopic (exact) mass is 295 g/mol. The molecule has 2 nitrogen and oxygen atoms in total. The fraction of sp³-hybridized carbons (Fsp3) is 0.765. The normalized spacial score (nSPS) is 27.1. The van der Waals surface area contributed by atoms with Gasteiger partial charge in [-0.15, -0.1) is 11.3 Å². The lowest BCUT2D eigenvalue weighted by molar-refractivity contribution is 0.0301.